The van der Waals surface area contributed by atoms with E-state index < -0.39 is 97.5 Å². The summed E-state index contributed by atoms with van der Waals surface area (Å²) in [4.78, 5) is 72.7. The highest BCUT2D eigenvalue weighted by atomic mass is 31.2. The number of rotatable bonds is 75. The summed E-state index contributed by atoms with van der Waals surface area (Å²) in [5.74, 6) is -2.11. The third-order valence-corrected chi connectivity index (χ3v) is 19.3. The fourth-order valence-corrected chi connectivity index (χ4v) is 13.0. The molecule has 0 aromatic heterocycles. The van der Waals surface area contributed by atoms with Gasteiger partial charge in [0.25, 0.3) is 0 Å². The first kappa shape index (κ1) is 91.1. The highest BCUT2D eigenvalue weighted by molar-refractivity contribution is 7.47. The lowest BCUT2D eigenvalue weighted by Gasteiger charge is -2.21. The van der Waals surface area contributed by atoms with Crippen molar-refractivity contribution in [2.75, 3.05) is 39.6 Å². The summed E-state index contributed by atoms with van der Waals surface area (Å²) in [5.41, 5.74) is 0. The van der Waals surface area contributed by atoms with E-state index in [1.165, 1.54) is 218 Å². The lowest BCUT2D eigenvalue weighted by atomic mass is 10.0. The quantitative estimate of drug-likeness (QED) is 0.0222. The minimum absolute atomic E-state index is 0.106. The molecule has 93 heavy (non-hydrogen) atoms. The van der Waals surface area contributed by atoms with Gasteiger partial charge in [-0.2, -0.15) is 0 Å². The standard InChI is InChI=1S/C74H144O17P2/c1-5-9-13-17-21-25-28-31-34-37-40-43-47-50-54-58-71(76)84-64-69(90-73(78)60-56-52-46-24-20-16-12-8-4)66-88-92(80,81)86-62-68(75)63-87-93(82,83)89-67-70(91-74(79)61-57-53-49-45-42-39-36-33-30-27-23-19-15-11-7-3)65-85-72(77)59-55-51-48-44-41-38-35-32-29-26-22-18-14-10-6-2/h68-70,75H,5-67H2,1-4H3,(H,80,81)(H,82,83)/t68-,69+,70+/m0/s1. The summed E-state index contributed by atoms with van der Waals surface area (Å²) in [6.07, 6.45) is 58.2. The van der Waals surface area contributed by atoms with Crippen molar-refractivity contribution in [1.82, 2.24) is 0 Å². The predicted octanol–water partition coefficient (Wildman–Crippen LogP) is 21.8. The van der Waals surface area contributed by atoms with Crippen LogP contribution in [0.25, 0.3) is 0 Å². The van der Waals surface area contributed by atoms with Crippen LogP contribution in [0.3, 0.4) is 0 Å². The summed E-state index contributed by atoms with van der Waals surface area (Å²) in [6, 6.07) is 0. The van der Waals surface area contributed by atoms with Gasteiger partial charge in [-0.25, -0.2) is 9.13 Å². The first-order chi connectivity index (χ1) is 45.2. The Hall–Kier alpha value is -1.94. The summed E-state index contributed by atoms with van der Waals surface area (Å²) in [6.45, 7) is 4.96. The average molecular weight is 1370 g/mol. The van der Waals surface area contributed by atoms with Crippen molar-refractivity contribution in [1.29, 1.82) is 0 Å². The van der Waals surface area contributed by atoms with Gasteiger partial charge in [0, 0.05) is 25.7 Å². The molecule has 0 fully saturated rings. The molecule has 0 amide bonds. The van der Waals surface area contributed by atoms with Crippen LogP contribution in [0, 0.1) is 0 Å². The first-order valence-electron chi connectivity index (χ1n) is 38.8. The number of carbonyl (C=O) groups is 4. The van der Waals surface area contributed by atoms with Gasteiger partial charge in [0.2, 0.25) is 0 Å². The molecular weight excluding hydrogens is 1220 g/mol. The Bertz CT molecular complexity index is 1770. The molecule has 0 aliphatic carbocycles. The maximum Gasteiger partial charge on any atom is 0.472 e. The smallest absolute Gasteiger partial charge is 0.462 e. The van der Waals surface area contributed by atoms with Gasteiger partial charge in [0.05, 0.1) is 26.4 Å². The SMILES string of the molecule is CCCCCCCCCCCCCCCCCC(=O)OC[C@H](COP(=O)(O)OC[C@H](O)COP(=O)(O)OC[C@@H](COC(=O)CCCCCCCCCCCCCCCCC)OC(=O)CCCCCCCCCCCCCCCCC)OC(=O)CCCCCCCCCC. The molecule has 2 unspecified atom stereocenters. The zero-order valence-electron chi connectivity index (χ0n) is 60.2. The average Bonchev–Trinajstić information content (AvgIpc) is 3.01. The largest absolute Gasteiger partial charge is 0.472 e. The second kappa shape index (κ2) is 68.6. The van der Waals surface area contributed by atoms with Crippen molar-refractivity contribution >= 4 is 39.5 Å². The molecule has 0 bridgehead atoms. The van der Waals surface area contributed by atoms with Gasteiger partial charge in [-0.1, -0.05) is 342 Å². The maximum atomic E-state index is 13.1. The predicted molar refractivity (Wildman–Crippen MR) is 377 cm³/mol. The highest BCUT2D eigenvalue weighted by Crippen LogP contribution is 2.45. The molecule has 0 spiro atoms. The number of hydrogen-bond donors (Lipinski definition) is 3. The molecule has 0 saturated carbocycles. The minimum atomic E-state index is -4.95. The van der Waals surface area contributed by atoms with Crippen molar-refractivity contribution < 1.29 is 80.2 Å². The van der Waals surface area contributed by atoms with E-state index in [9.17, 15) is 43.2 Å². The normalized spacial score (nSPS) is 13.9. The molecule has 3 N–H and O–H groups in total. The number of carbonyl (C=O) groups excluding carboxylic acids is 4. The van der Waals surface area contributed by atoms with E-state index in [4.69, 9.17) is 37.0 Å². The molecule has 17 nitrogen and oxygen atoms in total. The molecule has 0 aromatic rings. The van der Waals surface area contributed by atoms with Crippen molar-refractivity contribution in [3.8, 4) is 0 Å². The van der Waals surface area contributed by atoms with Gasteiger partial charge in [0.1, 0.15) is 19.3 Å². The van der Waals surface area contributed by atoms with Crippen LogP contribution in [-0.2, 0) is 65.4 Å². The van der Waals surface area contributed by atoms with Gasteiger partial charge in [-0.05, 0) is 25.7 Å². The van der Waals surface area contributed by atoms with Crippen LogP contribution in [0.4, 0.5) is 0 Å². The van der Waals surface area contributed by atoms with Crippen molar-refractivity contribution in [2.24, 2.45) is 0 Å². The molecule has 0 saturated heterocycles. The van der Waals surface area contributed by atoms with E-state index in [1.54, 1.807) is 0 Å². The molecule has 0 aliphatic rings. The number of unbranched alkanes of at least 4 members (excludes halogenated alkanes) is 49. The van der Waals surface area contributed by atoms with Crippen LogP contribution in [0.5, 0.6) is 0 Å². The Kier molecular flexibility index (Phi) is 67.1. The lowest BCUT2D eigenvalue weighted by Crippen LogP contribution is -2.30. The number of esters is 4. The van der Waals surface area contributed by atoms with E-state index >= 15 is 0 Å². The van der Waals surface area contributed by atoms with Gasteiger partial charge in [-0.15, -0.1) is 0 Å². The van der Waals surface area contributed by atoms with Crippen LogP contribution >= 0.6 is 15.6 Å². The fourth-order valence-electron chi connectivity index (χ4n) is 11.4. The molecular formula is C74H144O17P2. The Morgan fingerprint density at radius 1 is 0.258 bits per heavy atom. The van der Waals surface area contributed by atoms with E-state index in [0.717, 1.165) is 96.3 Å². The van der Waals surface area contributed by atoms with Crippen molar-refractivity contribution in [2.45, 2.75) is 412 Å². The molecule has 0 rings (SSSR count). The summed E-state index contributed by atoms with van der Waals surface area (Å²) < 4.78 is 68.4. The van der Waals surface area contributed by atoms with E-state index in [2.05, 4.69) is 27.7 Å². The maximum absolute atomic E-state index is 13.1. The number of aliphatic hydroxyl groups is 1. The number of phosphoric ester groups is 2. The van der Waals surface area contributed by atoms with Crippen LogP contribution in [0.2, 0.25) is 0 Å². The molecule has 552 valence electrons. The van der Waals surface area contributed by atoms with Crippen LogP contribution in [0.15, 0.2) is 0 Å². The molecule has 19 heteroatoms. The second-order valence-corrected chi connectivity index (χ2v) is 29.6. The lowest BCUT2D eigenvalue weighted by molar-refractivity contribution is -0.161. The Morgan fingerprint density at radius 2 is 0.430 bits per heavy atom. The number of phosphoric acid groups is 2. The minimum Gasteiger partial charge on any atom is -0.462 e. The molecule has 0 aliphatic heterocycles. The monoisotopic (exact) mass is 1370 g/mol. The van der Waals surface area contributed by atoms with Crippen LogP contribution in [-0.4, -0.2) is 96.7 Å². The summed E-state index contributed by atoms with van der Waals surface area (Å²) >= 11 is 0. The summed E-state index contributed by atoms with van der Waals surface area (Å²) in [5, 5.41) is 10.6. The number of aliphatic hydroxyl groups excluding tert-OH is 1. The molecule has 5 atom stereocenters. The Labute approximate surface area is 568 Å². The fraction of sp³-hybridized carbons (Fsp3) is 0.946. The zero-order valence-corrected chi connectivity index (χ0v) is 62.0. The Morgan fingerprint density at radius 3 is 0.634 bits per heavy atom. The van der Waals surface area contributed by atoms with Crippen molar-refractivity contribution in [3.05, 3.63) is 0 Å². The topological polar surface area (TPSA) is 237 Å². The van der Waals surface area contributed by atoms with Gasteiger partial charge >= 0.3 is 39.5 Å². The first-order valence-corrected chi connectivity index (χ1v) is 41.8. The summed E-state index contributed by atoms with van der Waals surface area (Å²) in [7, 11) is -9.90. The van der Waals surface area contributed by atoms with Gasteiger partial charge < -0.3 is 33.8 Å². The van der Waals surface area contributed by atoms with Crippen molar-refractivity contribution in [3.63, 3.8) is 0 Å². The molecule has 0 radical (unpaired) electrons. The van der Waals surface area contributed by atoms with E-state index in [0.29, 0.717) is 25.7 Å². The Balaban J connectivity index is 5.19. The van der Waals surface area contributed by atoms with Gasteiger partial charge in [-0.3, -0.25) is 37.3 Å². The molecule has 0 aromatic carbocycles. The van der Waals surface area contributed by atoms with E-state index in [-0.39, 0.29) is 25.7 Å². The molecule has 0 heterocycles. The van der Waals surface area contributed by atoms with Crippen LogP contribution < -0.4 is 0 Å². The van der Waals surface area contributed by atoms with E-state index in [1.807, 2.05) is 0 Å². The van der Waals surface area contributed by atoms with Crippen LogP contribution in [0.1, 0.15) is 394 Å². The number of ether oxygens (including phenoxy) is 4. The highest BCUT2D eigenvalue weighted by Gasteiger charge is 2.30. The second-order valence-electron chi connectivity index (χ2n) is 26.7. The van der Waals surface area contributed by atoms with Gasteiger partial charge in [0.15, 0.2) is 12.2 Å². The third kappa shape index (κ3) is 68.4. The zero-order chi connectivity index (χ0) is 68.2. The third-order valence-electron chi connectivity index (χ3n) is 17.4. The number of hydrogen-bond acceptors (Lipinski definition) is 15.